The summed E-state index contributed by atoms with van der Waals surface area (Å²) in [5.74, 6) is 1.19. The minimum absolute atomic E-state index is 0.0396. The molecule has 0 heterocycles. The van der Waals surface area contributed by atoms with E-state index in [0.717, 1.165) is 5.56 Å². The highest BCUT2D eigenvalue weighted by Gasteiger charge is 2.09. The van der Waals surface area contributed by atoms with Crippen LogP contribution in [-0.2, 0) is 6.61 Å². The zero-order valence-electron chi connectivity index (χ0n) is 12.5. The number of rotatable bonds is 6. The van der Waals surface area contributed by atoms with Gasteiger partial charge in [-0.3, -0.25) is 10.1 Å². The maximum absolute atomic E-state index is 10.8. The van der Waals surface area contributed by atoms with Crippen molar-refractivity contribution in [1.82, 2.24) is 0 Å². The van der Waals surface area contributed by atoms with Crippen LogP contribution in [0.25, 0.3) is 6.08 Å². The normalized spacial score (nSPS) is 11.1. The van der Waals surface area contributed by atoms with Crippen LogP contribution in [0.15, 0.2) is 54.2 Å². The third kappa shape index (κ3) is 4.09. The van der Waals surface area contributed by atoms with Gasteiger partial charge in [0.1, 0.15) is 18.1 Å². The summed E-state index contributed by atoms with van der Waals surface area (Å²) in [7, 11) is 1.55. The summed E-state index contributed by atoms with van der Waals surface area (Å²) in [4.78, 5) is 10.4. The van der Waals surface area contributed by atoms with Gasteiger partial charge in [0.15, 0.2) is 0 Å². The molecule has 0 amide bonds. The van der Waals surface area contributed by atoms with Gasteiger partial charge >= 0.3 is 0 Å². The average Bonchev–Trinajstić information content (AvgIpc) is 2.54. The smallest absolute Gasteiger partial charge is 0.243 e. The van der Waals surface area contributed by atoms with Crippen LogP contribution in [0, 0.1) is 10.1 Å². The Morgan fingerprint density at radius 1 is 1.23 bits per heavy atom. The van der Waals surface area contributed by atoms with E-state index in [-0.39, 0.29) is 5.70 Å². The Morgan fingerprint density at radius 2 is 1.95 bits per heavy atom. The molecule has 0 bridgehead atoms. The summed E-state index contributed by atoms with van der Waals surface area (Å²) in [6.07, 6.45) is 1.48. The van der Waals surface area contributed by atoms with Crippen molar-refractivity contribution in [3.05, 3.63) is 75.5 Å². The lowest BCUT2D eigenvalue weighted by atomic mass is 10.1. The van der Waals surface area contributed by atoms with E-state index in [1.165, 1.54) is 13.0 Å². The fraction of sp³-hybridized carbons (Fsp3) is 0.176. The van der Waals surface area contributed by atoms with Gasteiger partial charge in [0.25, 0.3) is 0 Å². The van der Waals surface area contributed by atoms with Crippen molar-refractivity contribution in [3.8, 4) is 11.5 Å². The molecule has 0 aliphatic rings. The topological polar surface area (TPSA) is 61.6 Å². The summed E-state index contributed by atoms with van der Waals surface area (Å²) >= 11 is 0. The van der Waals surface area contributed by atoms with Crippen LogP contribution in [0.1, 0.15) is 18.1 Å². The summed E-state index contributed by atoms with van der Waals surface area (Å²) in [5, 5.41) is 10.8. The van der Waals surface area contributed by atoms with E-state index >= 15 is 0 Å². The highest BCUT2D eigenvalue weighted by molar-refractivity contribution is 5.60. The van der Waals surface area contributed by atoms with Crippen LogP contribution in [0.4, 0.5) is 0 Å². The Hall–Kier alpha value is -2.82. The first kappa shape index (κ1) is 15.6. The lowest BCUT2D eigenvalue weighted by Crippen LogP contribution is -1.99. The number of allylic oxidation sites excluding steroid dienone is 1. The van der Waals surface area contributed by atoms with Crippen LogP contribution >= 0.6 is 0 Å². The molecule has 5 nitrogen and oxygen atoms in total. The number of hydrogen-bond acceptors (Lipinski definition) is 4. The third-order valence-electron chi connectivity index (χ3n) is 3.11. The molecule has 0 aliphatic carbocycles. The number of nitro groups is 1. The van der Waals surface area contributed by atoms with E-state index in [2.05, 4.69) is 0 Å². The first-order valence-electron chi connectivity index (χ1n) is 6.77. The summed E-state index contributed by atoms with van der Waals surface area (Å²) in [6.45, 7) is 1.84. The number of nitrogens with zero attached hydrogens (tertiary/aromatic N) is 1. The van der Waals surface area contributed by atoms with Gasteiger partial charge in [0.2, 0.25) is 5.70 Å². The van der Waals surface area contributed by atoms with Crippen molar-refractivity contribution >= 4 is 6.08 Å². The van der Waals surface area contributed by atoms with Crippen LogP contribution in [-0.4, -0.2) is 12.0 Å². The molecule has 2 rings (SSSR count). The van der Waals surface area contributed by atoms with Gasteiger partial charge in [-0.25, -0.2) is 0 Å². The second kappa shape index (κ2) is 7.26. The average molecular weight is 299 g/mol. The molecular formula is C17H17NO4. The van der Waals surface area contributed by atoms with Crippen molar-refractivity contribution in [3.63, 3.8) is 0 Å². The monoisotopic (exact) mass is 299 g/mol. The van der Waals surface area contributed by atoms with E-state index in [1.807, 2.05) is 30.3 Å². The van der Waals surface area contributed by atoms with Crippen molar-refractivity contribution in [2.45, 2.75) is 13.5 Å². The van der Waals surface area contributed by atoms with Gasteiger partial charge in [0.05, 0.1) is 12.0 Å². The molecule has 0 spiro atoms. The first-order chi connectivity index (χ1) is 10.6. The Balaban J connectivity index is 2.26. The van der Waals surface area contributed by atoms with Gasteiger partial charge in [-0.2, -0.15) is 0 Å². The second-order valence-corrected chi connectivity index (χ2v) is 4.72. The molecule has 0 atom stereocenters. The standard InChI is InChI=1S/C17H17NO4/c1-13(18(19)20)10-15-11-16(21-2)8-9-17(15)22-12-14-6-4-3-5-7-14/h3-11H,12H2,1-2H3/b13-10+. The first-order valence-corrected chi connectivity index (χ1v) is 6.77. The van der Waals surface area contributed by atoms with Crippen LogP contribution in [0.3, 0.4) is 0 Å². The largest absolute Gasteiger partial charge is 0.497 e. The minimum atomic E-state index is -0.430. The highest BCUT2D eigenvalue weighted by Crippen LogP contribution is 2.27. The second-order valence-electron chi connectivity index (χ2n) is 4.72. The van der Waals surface area contributed by atoms with Gasteiger partial charge in [0, 0.05) is 18.6 Å². The van der Waals surface area contributed by atoms with E-state index in [1.54, 1.807) is 25.3 Å². The predicted molar refractivity (Wildman–Crippen MR) is 84.4 cm³/mol. The molecule has 0 radical (unpaired) electrons. The molecule has 22 heavy (non-hydrogen) atoms. The molecule has 5 heteroatoms. The SMILES string of the molecule is COc1ccc(OCc2ccccc2)c(/C=C(\C)[N+](=O)[O-])c1. The molecular weight excluding hydrogens is 282 g/mol. The quantitative estimate of drug-likeness (QED) is 0.599. The van der Waals surface area contributed by atoms with Crippen molar-refractivity contribution < 1.29 is 14.4 Å². The Bertz CT molecular complexity index is 680. The maximum Gasteiger partial charge on any atom is 0.243 e. The molecule has 0 saturated carbocycles. The Labute approximate surface area is 129 Å². The van der Waals surface area contributed by atoms with E-state index in [4.69, 9.17) is 9.47 Å². The molecule has 2 aromatic rings. The van der Waals surface area contributed by atoms with E-state index in [0.29, 0.717) is 23.7 Å². The fourth-order valence-corrected chi connectivity index (χ4v) is 1.91. The highest BCUT2D eigenvalue weighted by atomic mass is 16.6. The summed E-state index contributed by atoms with van der Waals surface area (Å²) in [6, 6.07) is 15.0. The van der Waals surface area contributed by atoms with Crippen molar-refractivity contribution in [1.29, 1.82) is 0 Å². The molecule has 0 aliphatic heterocycles. The summed E-state index contributed by atoms with van der Waals surface area (Å²) in [5.41, 5.74) is 1.68. The van der Waals surface area contributed by atoms with Crippen molar-refractivity contribution in [2.24, 2.45) is 0 Å². The zero-order valence-corrected chi connectivity index (χ0v) is 12.5. The van der Waals surface area contributed by atoms with Gasteiger partial charge in [-0.15, -0.1) is 0 Å². The van der Waals surface area contributed by atoms with Gasteiger partial charge in [-0.05, 0) is 23.8 Å². The Morgan fingerprint density at radius 3 is 2.59 bits per heavy atom. The predicted octanol–water partition coefficient (Wildman–Crippen LogP) is 3.91. The van der Waals surface area contributed by atoms with Gasteiger partial charge < -0.3 is 9.47 Å². The molecule has 0 fully saturated rings. The zero-order chi connectivity index (χ0) is 15.9. The Kier molecular flexibility index (Phi) is 5.14. The lowest BCUT2D eigenvalue weighted by Gasteiger charge is -2.11. The molecule has 0 N–H and O–H groups in total. The van der Waals surface area contributed by atoms with Crippen LogP contribution < -0.4 is 9.47 Å². The number of hydrogen-bond donors (Lipinski definition) is 0. The number of benzene rings is 2. The summed E-state index contributed by atoms with van der Waals surface area (Å²) < 4.78 is 10.9. The van der Waals surface area contributed by atoms with E-state index in [9.17, 15) is 10.1 Å². The molecule has 0 unspecified atom stereocenters. The minimum Gasteiger partial charge on any atom is -0.497 e. The number of ether oxygens (including phenoxy) is 2. The van der Waals surface area contributed by atoms with Crippen LogP contribution in [0.2, 0.25) is 0 Å². The van der Waals surface area contributed by atoms with Crippen LogP contribution in [0.5, 0.6) is 11.5 Å². The molecule has 0 saturated heterocycles. The fourth-order valence-electron chi connectivity index (χ4n) is 1.91. The molecule has 0 aromatic heterocycles. The molecule has 114 valence electrons. The maximum atomic E-state index is 10.8. The molecule has 2 aromatic carbocycles. The third-order valence-corrected chi connectivity index (χ3v) is 3.11. The van der Waals surface area contributed by atoms with Gasteiger partial charge in [-0.1, -0.05) is 30.3 Å². The number of methoxy groups -OCH3 is 1. The lowest BCUT2D eigenvalue weighted by molar-refractivity contribution is -0.422. The van der Waals surface area contributed by atoms with Crippen molar-refractivity contribution in [2.75, 3.05) is 7.11 Å². The van der Waals surface area contributed by atoms with E-state index < -0.39 is 4.92 Å².